The Morgan fingerprint density at radius 1 is 1.08 bits per heavy atom. The zero-order valence-electron chi connectivity index (χ0n) is 21.2. The number of ether oxygens (including phenoxy) is 1. The fourth-order valence-corrected chi connectivity index (χ4v) is 8.74. The van der Waals surface area contributed by atoms with Crippen molar-refractivity contribution in [3.63, 3.8) is 0 Å². The van der Waals surface area contributed by atoms with Gasteiger partial charge < -0.3 is 19.8 Å². The Morgan fingerprint density at radius 2 is 1.92 bits per heavy atom. The van der Waals surface area contributed by atoms with Gasteiger partial charge in [-0.05, 0) is 93.0 Å². The standard InChI is InChI=1S/C30H35FN2O3/c1-27-11-13-29(31)16-21-25(34)26(35)23(33(2)3)17-28(21)12-14-30(29,36-28)24(27)10-9-20(27)18-6-4-8-22-19(18)7-5-15-32-22/h4-9,15-16,23-26,34-35H,10-14,17H2,1-3H3/t23-,24?,25+,26+,27+,28+,29?,30-/m0/s1. The van der Waals surface area contributed by atoms with Crippen LogP contribution in [-0.4, -0.2) is 69.3 Å². The minimum Gasteiger partial charge on any atom is -0.388 e. The molecule has 2 aromatic rings. The number of allylic oxidation sites excluding steroid dienone is 2. The number of pyridine rings is 1. The molecule has 2 aliphatic heterocycles. The number of aliphatic hydroxyl groups is 2. The van der Waals surface area contributed by atoms with Crippen LogP contribution in [0, 0.1) is 11.3 Å². The Labute approximate surface area is 211 Å². The number of alkyl halides is 1. The highest BCUT2D eigenvalue weighted by Gasteiger charge is 2.74. The quantitative estimate of drug-likeness (QED) is 0.610. The van der Waals surface area contributed by atoms with Crippen LogP contribution < -0.4 is 0 Å². The van der Waals surface area contributed by atoms with Crippen molar-refractivity contribution in [3.05, 3.63) is 59.8 Å². The molecule has 1 saturated heterocycles. The van der Waals surface area contributed by atoms with Gasteiger partial charge in [0.05, 0.1) is 17.2 Å². The van der Waals surface area contributed by atoms with Crippen LogP contribution in [0.4, 0.5) is 4.39 Å². The van der Waals surface area contributed by atoms with Crippen molar-refractivity contribution in [1.82, 2.24) is 9.88 Å². The number of benzene rings is 1. The Balaban J connectivity index is 1.33. The summed E-state index contributed by atoms with van der Waals surface area (Å²) < 4.78 is 24.2. The zero-order valence-corrected chi connectivity index (χ0v) is 21.2. The summed E-state index contributed by atoms with van der Waals surface area (Å²) in [5, 5.41) is 23.1. The van der Waals surface area contributed by atoms with Crippen LogP contribution >= 0.6 is 0 Å². The van der Waals surface area contributed by atoms with Crippen LogP contribution in [0.15, 0.2) is 54.3 Å². The molecule has 2 saturated carbocycles. The van der Waals surface area contributed by atoms with Gasteiger partial charge in [-0.15, -0.1) is 0 Å². The number of fused-ring (bicyclic) bond motifs is 2. The molecule has 7 rings (SSSR count). The third-order valence-corrected chi connectivity index (χ3v) is 10.6. The summed E-state index contributed by atoms with van der Waals surface area (Å²) in [6.07, 6.45) is 7.49. The van der Waals surface area contributed by atoms with Gasteiger partial charge in [-0.2, -0.15) is 0 Å². The highest BCUT2D eigenvalue weighted by molar-refractivity contribution is 5.93. The first-order chi connectivity index (χ1) is 17.1. The van der Waals surface area contributed by atoms with Gasteiger partial charge in [-0.25, -0.2) is 4.39 Å². The molecule has 190 valence electrons. The number of aromatic nitrogens is 1. The maximum absolute atomic E-state index is 17.2. The first-order valence-electron chi connectivity index (χ1n) is 13.3. The molecule has 3 aliphatic carbocycles. The van der Waals surface area contributed by atoms with Gasteiger partial charge in [0.1, 0.15) is 11.7 Å². The molecule has 3 fully saturated rings. The molecule has 6 heteroatoms. The number of likely N-dealkylation sites (N-methyl/N-ethyl adjacent to an activating group) is 1. The molecule has 36 heavy (non-hydrogen) atoms. The van der Waals surface area contributed by atoms with Crippen molar-refractivity contribution >= 4 is 16.5 Å². The minimum atomic E-state index is -1.65. The molecule has 2 unspecified atom stereocenters. The van der Waals surface area contributed by atoms with Gasteiger partial charge in [0.2, 0.25) is 0 Å². The summed E-state index contributed by atoms with van der Waals surface area (Å²) in [7, 11) is 3.84. The van der Waals surface area contributed by atoms with E-state index in [0.717, 1.165) is 17.3 Å². The molecule has 0 radical (unpaired) electrons. The van der Waals surface area contributed by atoms with E-state index in [1.807, 2.05) is 37.3 Å². The van der Waals surface area contributed by atoms with Crippen molar-refractivity contribution in [2.45, 2.75) is 80.6 Å². The van der Waals surface area contributed by atoms with Crippen LogP contribution in [0.25, 0.3) is 16.5 Å². The first kappa shape index (κ1) is 23.0. The molecule has 3 heterocycles. The Bertz CT molecular complexity index is 1320. The van der Waals surface area contributed by atoms with E-state index in [4.69, 9.17) is 4.74 Å². The normalized spacial score (nSPS) is 45.2. The fourth-order valence-electron chi connectivity index (χ4n) is 8.74. The van der Waals surface area contributed by atoms with Crippen molar-refractivity contribution in [1.29, 1.82) is 0 Å². The maximum Gasteiger partial charge on any atom is 0.158 e. The minimum absolute atomic E-state index is 0.00431. The fraction of sp³-hybridized carbons (Fsp3) is 0.567. The van der Waals surface area contributed by atoms with Crippen molar-refractivity contribution in [2.24, 2.45) is 11.3 Å². The lowest BCUT2D eigenvalue weighted by Gasteiger charge is -2.60. The molecule has 2 spiro atoms. The lowest BCUT2D eigenvalue weighted by molar-refractivity contribution is -0.239. The Morgan fingerprint density at radius 3 is 2.72 bits per heavy atom. The topological polar surface area (TPSA) is 65.8 Å². The predicted molar refractivity (Wildman–Crippen MR) is 137 cm³/mol. The number of aliphatic hydroxyl groups excluding tert-OH is 2. The molecule has 1 aromatic heterocycles. The zero-order chi connectivity index (χ0) is 25.1. The second kappa shape index (κ2) is 7.25. The van der Waals surface area contributed by atoms with Gasteiger partial charge in [0.15, 0.2) is 5.67 Å². The maximum atomic E-state index is 17.2. The van der Waals surface area contributed by atoms with E-state index in [0.29, 0.717) is 37.7 Å². The molecule has 0 amide bonds. The van der Waals surface area contributed by atoms with Crippen molar-refractivity contribution < 1.29 is 19.3 Å². The van der Waals surface area contributed by atoms with E-state index in [1.165, 1.54) is 11.1 Å². The average molecular weight is 491 g/mol. The summed E-state index contributed by atoms with van der Waals surface area (Å²) in [4.78, 5) is 6.52. The highest BCUT2D eigenvalue weighted by Crippen LogP contribution is 2.71. The summed E-state index contributed by atoms with van der Waals surface area (Å²) in [5.74, 6) is 0.00431. The molecule has 1 aromatic carbocycles. The predicted octanol–water partition coefficient (Wildman–Crippen LogP) is 4.43. The third-order valence-electron chi connectivity index (χ3n) is 10.6. The lowest BCUT2D eigenvalue weighted by atomic mass is 9.53. The van der Waals surface area contributed by atoms with E-state index in [9.17, 15) is 10.2 Å². The molecular weight excluding hydrogens is 455 g/mol. The highest BCUT2D eigenvalue weighted by atomic mass is 19.1. The van der Waals surface area contributed by atoms with Gasteiger partial charge in [0, 0.05) is 23.5 Å². The smallest absolute Gasteiger partial charge is 0.158 e. The van der Waals surface area contributed by atoms with Crippen LogP contribution in [0.5, 0.6) is 0 Å². The second-order valence-electron chi connectivity index (χ2n) is 12.3. The van der Waals surface area contributed by atoms with Gasteiger partial charge >= 0.3 is 0 Å². The van der Waals surface area contributed by atoms with Crippen LogP contribution in [0.1, 0.15) is 51.0 Å². The molecule has 8 atom stereocenters. The summed E-state index contributed by atoms with van der Waals surface area (Å²) in [6, 6.07) is 10.2. The third kappa shape index (κ3) is 2.66. The van der Waals surface area contributed by atoms with Crippen LogP contribution in [-0.2, 0) is 4.74 Å². The molecule has 5 aliphatic rings. The summed E-state index contributed by atoms with van der Waals surface area (Å²) in [6.45, 7) is 2.30. The van der Waals surface area contributed by atoms with E-state index in [-0.39, 0.29) is 17.4 Å². The van der Waals surface area contributed by atoms with E-state index < -0.39 is 29.1 Å². The summed E-state index contributed by atoms with van der Waals surface area (Å²) >= 11 is 0. The number of hydrogen-bond donors (Lipinski definition) is 2. The molecule has 2 N–H and O–H groups in total. The molecular formula is C30H35FN2O3. The summed E-state index contributed by atoms with van der Waals surface area (Å²) in [5.41, 5.74) is 0.508. The second-order valence-corrected chi connectivity index (χ2v) is 12.3. The van der Waals surface area contributed by atoms with Crippen molar-refractivity contribution in [2.75, 3.05) is 14.1 Å². The largest absolute Gasteiger partial charge is 0.388 e. The number of rotatable bonds is 2. The average Bonchev–Trinajstić information content (AvgIpc) is 3.39. The molecule has 2 bridgehead atoms. The first-order valence-corrected chi connectivity index (χ1v) is 13.3. The van der Waals surface area contributed by atoms with E-state index >= 15 is 4.39 Å². The van der Waals surface area contributed by atoms with E-state index in [1.54, 1.807) is 6.08 Å². The Kier molecular flexibility index (Phi) is 4.64. The SMILES string of the molecule is CN(C)[C@H]1C[C@@]23CC[C@]4(O2)C2CC=C(c5cccc6ncccc56)[C@@]2(C)CCC4(F)C=C3[C@@H](O)[C@@H]1O. The van der Waals surface area contributed by atoms with Gasteiger partial charge in [0.25, 0.3) is 0 Å². The van der Waals surface area contributed by atoms with Crippen molar-refractivity contribution in [3.8, 4) is 0 Å². The number of hydrogen-bond acceptors (Lipinski definition) is 5. The Hall–Kier alpha value is -2.12. The number of nitrogens with zero attached hydrogens (tertiary/aromatic N) is 2. The number of halogens is 1. The molecule has 5 nitrogen and oxygen atoms in total. The van der Waals surface area contributed by atoms with Gasteiger partial charge in [-0.1, -0.05) is 31.2 Å². The van der Waals surface area contributed by atoms with E-state index in [2.05, 4.69) is 36.2 Å². The monoisotopic (exact) mass is 490 g/mol. The van der Waals surface area contributed by atoms with Gasteiger partial charge in [-0.3, -0.25) is 4.98 Å². The van der Waals surface area contributed by atoms with Crippen LogP contribution in [0.2, 0.25) is 0 Å². The lowest BCUT2D eigenvalue weighted by Crippen LogP contribution is -2.68. The van der Waals surface area contributed by atoms with Crippen LogP contribution in [0.3, 0.4) is 0 Å².